The molecule has 1 fully saturated rings. The van der Waals surface area contributed by atoms with Crippen molar-refractivity contribution < 1.29 is 9.90 Å². The zero-order chi connectivity index (χ0) is 19.7. The summed E-state index contributed by atoms with van der Waals surface area (Å²) in [6.45, 7) is 1.83. The Labute approximate surface area is 162 Å². The van der Waals surface area contributed by atoms with Crippen LogP contribution in [0.2, 0.25) is 0 Å². The molecule has 2 aliphatic carbocycles. The van der Waals surface area contributed by atoms with Crippen molar-refractivity contribution in [3.05, 3.63) is 36.0 Å². The number of carboxylic acids is 1. The van der Waals surface area contributed by atoms with Gasteiger partial charge in [0.15, 0.2) is 17.0 Å². The Kier molecular flexibility index (Phi) is 4.74. The molecule has 2 aliphatic rings. The molecule has 142 valence electrons. The minimum Gasteiger partial charge on any atom is -0.481 e. The number of hydrogen-bond acceptors (Lipinski definition) is 6. The first-order valence-corrected chi connectivity index (χ1v) is 9.34. The second kappa shape index (κ2) is 7.35. The molecule has 0 aromatic carbocycles. The van der Waals surface area contributed by atoms with Crippen LogP contribution in [0.25, 0.3) is 11.2 Å². The first kappa shape index (κ1) is 18.0. The van der Waals surface area contributed by atoms with Crippen LogP contribution in [0.1, 0.15) is 44.0 Å². The van der Waals surface area contributed by atoms with Gasteiger partial charge in [-0.2, -0.15) is 5.26 Å². The van der Waals surface area contributed by atoms with Gasteiger partial charge in [-0.15, -0.1) is 0 Å². The summed E-state index contributed by atoms with van der Waals surface area (Å²) in [5.74, 6) is 0.140. The van der Waals surface area contributed by atoms with Crippen LogP contribution in [0.3, 0.4) is 0 Å². The third kappa shape index (κ3) is 3.43. The normalized spacial score (nSPS) is 22.0. The molecule has 1 saturated carbocycles. The molecular formula is C20H20N6O2. The summed E-state index contributed by atoms with van der Waals surface area (Å²) in [6.07, 6.45) is 10.7. The molecule has 8 heteroatoms. The maximum atomic E-state index is 11.1. The first-order chi connectivity index (χ1) is 13.5. The van der Waals surface area contributed by atoms with E-state index in [1.807, 2.05) is 29.7 Å². The average Bonchev–Trinajstić information content (AvgIpc) is 3.12. The molecule has 4 rings (SSSR count). The first-order valence-electron chi connectivity index (χ1n) is 9.34. The van der Waals surface area contributed by atoms with Gasteiger partial charge in [-0.3, -0.25) is 4.79 Å². The maximum absolute atomic E-state index is 11.1. The molecule has 2 aromatic heterocycles. The number of nitrogens with zero attached hydrogens (tertiary/aromatic N) is 6. The van der Waals surface area contributed by atoms with Gasteiger partial charge >= 0.3 is 5.97 Å². The molecular weight excluding hydrogens is 356 g/mol. The molecule has 1 unspecified atom stereocenters. The van der Waals surface area contributed by atoms with Gasteiger partial charge in [0.2, 0.25) is 0 Å². The van der Waals surface area contributed by atoms with Crippen molar-refractivity contribution >= 4 is 28.7 Å². The molecule has 8 nitrogen and oxygen atoms in total. The Morgan fingerprint density at radius 3 is 2.79 bits per heavy atom. The number of allylic oxidation sites excluding steroid dienone is 4. The summed E-state index contributed by atoms with van der Waals surface area (Å²) in [4.78, 5) is 29.4. The summed E-state index contributed by atoms with van der Waals surface area (Å²) in [5, 5.41) is 18.1. The lowest BCUT2D eigenvalue weighted by molar-refractivity contribution is -0.142. The van der Waals surface area contributed by atoms with Crippen LogP contribution in [0.15, 0.2) is 35.1 Å². The smallest absolute Gasteiger partial charge is 0.306 e. The zero-order valence-corrected chi connectivity index (χ0v) is 15.5. The summed E-state index contributed by atoms with van der Waals surface area (Å²) >= 11 is 0. The van der Waals surface area contributed by atoms with Crippen LogP contribution >= 0.6 is 0 Å². The standard InChI is InChI=1S/C20H20N6O2/c1-12-23-18(25-15-6-4-14(5-7-15)20(27)28)17-19(24-12)26(11-22-17)16-8-2-13(10-21)3-9-16/h2-3,8,11,14,16H,4-7,9H2,1H3,(H,27,28). The number of imidazole rings is 1. The SMILES string of the molecule is Cc1nc(N=C2CCC(C(=O)O)CC2)c2ncn(C3C=CC(C#N)=CC3)c2n1. The molecule has 0 aliphatic heterocycles. The molecule has 2 aromatic rings. The number of rotatable bonds is 3. The Balaban J connectivity index is 1.65. The quantitative estimate of drug-likeness (QED) is 0.877. The van der Waals surface area contributed by atoms with Crippen molar-refractivity contribution in [3.8, 4) is 6.07 Å². The van der Waals surface area contributed by atoms with E-state index in [4.69, 9.17) is 15.4 Å². The Morgan fingerprint density at radius 2 is 2.14 bits per heavy atom. The monoisotopic (exact) mass is 376 g/mol. The number of aliphatic imine (C=N–C) groups is 1. The molecule has 2 heterocycles. The molecule has 0 radical (unpaired) electrons. The summed E-state index contributed by atoms with van der Waals surface area (Å²) < 4.78 is 1.98. The predicted octanol–water partition coefficient (Wildman–Crippen LogP) is 3.43. The number of hydrogen-bond donors (Lipinski definition) is 1. The minimum absolute atomic E-state index is 0.0444. The fourth-order valence-electron chi connectivity index (χ4n) is 3.69. The molecule has 0 bridgehead atoms. The molecule has 0 amide bonds. The number of aliphatic carboxylic acids is 1. The number of nitriles is 1. The van der Waals surface area contributed by atoms with Gasteiger partial charge in [0.1, 0.15) is 5.82 Å². The van der Waals surface area contributed by atoms with Crippen LogP contribution in [0, 0.1) is 24.2 Å². The number of fused-ring (bicyclic) bond motifs is 1. The van der Waals surface area contributed by atoms with Gasteiger partial charge in [0.25, 0.3) is 0 Å². The lowest BCUT2D eigenvalue weighted by atomic mass is 9.88. The van der Waals surface area contributed by atoms with Crippen LogP contribution in [0.5, 0.6) is 0 Å². The fourth-order valence-corrected chi connectivity index (χ4v) is 3.69. The molecule has 0 saturated heterocycles. The summed E-state index contributed by atoms with van der Waals surface area (Å²) in [5.41, 5.74) is 2.98. The predicted molar refractivity (Wildman–Crippen MR) is 103 cm³/mol. The number of carbonyl (C=O) groups is 1. The van der Waals surface area contributed by atoms with Gasteiger partial charge in [0.05, 0.1) is 24.4 Å². The highest BCUT2D eigenvalue weighted by Gasteiger charge is 2.24. The van der Waals surface area contributed by atoms with Crippen molar-refractivity contribution in [1.82, 2.24) is 19.5 Å². The topological polar surface area (TPSA) is 117 Å². The van der Waals surface area contributed by atoms with Crippen LogP contribution in [-0.2, 0) is 4.79 Å². The van der Waals surface area contributed by atoms with E-state index in [0.717, 1.165) is 11.4 Å². The van der Waals surface area contributed by atoms with Gasteiger partial charge in [-0.05, 0) is 45.1 Å². The van der Waals surface area contributed by atoms with E-state index in [9.17, 15) is 4.79 Å². The van der Waals surface area contributed by atoms with Crippen molar-refractivity contribution in [2.24, 2.45) is 10.9 Å². The minimum atomic E-state index is -0.729. The van der Waals surface area contributed by atoms with E-state index < -0.39 is 5.97 Å². The van der Waals surface area contributed by atoms with E-state index in [1.54, 1.807) is 6.33 Å². The van der Waals surface area contributed by atoms with Crippen LogP contribution < -0.4 is 0 Å². The molecule has 28 heavy (non-hydrogen) atoms. The van der Waals surface area contributed by atoms with E-state index >= 15 is 0 Å². The highest BCUT2D eigenvalue weighted by molar-refractivity contribution is 5.92. The van der Waals surface area contributed by atoms with Crippen molar-refractivity contribution in [2.75, 3.05) is 0 Å². The van der Waals surface area contributed by atoms with Crippen molar-refractivity contribution in [2.45, 2.75) is 45.1 Å². The largest absolute Gasteiger partial charge is 0.481 e. The lowest BCUT2D eigenvalue weighted by Gasteiger charge is -2.19. The number of aromatic nitrogens is 4. The van der Waals surface area contributed by atoms with Crippen LogP contribution in [-0.4, -0.2) is 36.3 Å². The van der Waals surface area contributed by atoms with E-state index in [-0.39, 0.29) is 12.0 Å². The Bertz CT molecular complexity index is 1060. The van der Waals surface area contributed by atoms with E-state index in [0.29, 0.717) is 54.8 Å². The summed E-state index contributed by atoms with van der Waals surface area (Å²) in [6, 6.07) is 2.19. The lowest BCUT2D eigenvalue weighted by Crippen LogP contribution is -2.21. The van der Waals surface area contributed by atoms with Gasteiger partial charge in [-0.1, -0.05) is 12.2 Å². The van der Waals surface area contributed by atoms with Gasteiger partial charge < -0.3 is 9.67 Å². The molecule has 1 N–H and O–H groups in total. The number of carboxylic acid groups (broad SMARTS) is 1. The zero-order valence-electron chi connectivity index (χ0n) is 15.5. The highest BCUT2D eigenvalue weighted by atomic mass is 16.4. The second-order valence-corrected chi connectivity index (χ2v) is 7.14. The van der Waals surface area contributed by atoms with Crippen molar-refractivity contribution in [3.63, 3.8) is 0 Å². The van der Waals surface area contributed by atoms with Crippen LogP contribution in [0.4, 0.5) is 5.82 Å². The fraction of sp³-hybridized carbons (Fsp3) is 0.400. The molecule has 1 atom stereocenters. The van der Waals surface area contributed by atoms with Gasteiger partial charge in [-0.25, -0.2) is 19.9 Å². The maximum Gasteiger partial charge on any atom is 0.306 e. The average molecular weight is 376 g/mol. The summed E-state index contributed by atoms with van der Waals surface area (Å²) in [7, 11) is 0. The van der Waals surface area contributed by atoms with E-state index in [2.05, 4.69) is 21.0 Å². The van der Waals surface area contributed by atoms with E-state index in [1.165, 1.54) is 0 Å². The number of aryl methyl sites for hydroxylation is 1. The second-order valence-electron chi connectivity index (χ2n) is 7.14. The third-order valence-electron chi connectivity index (χ3n) is 5.25. The Hall–Kier alpha value is -3.34. The third-order valence-corrected chi connectivity index (χ3v) is 5.25. The van der Waals surface area contributed by atoms with Crippen molar-refractivity contribution in [1.29, 1.82) is 5.26 Å². The highest BCUT2D eigenvalue weighted by Crippen LogP contribution is 2.30. The molecule has 0 spiro atoms. The Morgan fingerprint density at radius 1 is 1.36 bits per heavy atom. The van der Waals surface area contributed by atoms with Gasteiger partial charge in [0, 0.05) is 11.3 Å².